The van der Waals surface area contributed by atoms with E-state index < -0.39 is 6.09 Å². The van der Waals surface area contributed by atoms with Gasteiger partial charge in [-0.2, -0.15) is 0 Å². The third-order valence-electron chi connectivity index (χ3n) is 2.67. The van der Waals surface area contributed by atoms with E-state index in [0.717, 1.165) is 12.8 Å². The van der Waals surface area contributed by atoms with Crippen LogP contribution in [0.3, 0.4) is 0 Å². The summed E-state index contributed by atoms with van der Waals surface area (Å²) >= 11 is 5.67. The van der Waals surface area contributed by atoms with E-state index in [9.17, 15) is 4.79 Å². The predicted octanol–water partition coefficient (Wildman–Crippen LogP) is 1.68. The van der Waals surface area contributed by atoms with Crippen LogP contribution in [0.25, 0.3) is 0 Å². The lowest BCUT2D eigenvalue weighted by Crippen LogP contribution is -2.44. The predicted molar refractivity (Wildman–Crippen MR) is 63.3 cm³/mol. The number of rotatable bonds is 2. The highest BCUT2D eigenvalue weighted by Gasteiger charge is 2.23. The quantitative estimate of drug-likeness (QED) is 0.787. The maximum absolute atomic E-state index is 10.9. The van der Waals surface area contributed by atoms with E-state index in [4.69, 9.17) is 16.7 Å². The number of hydrogen-bond acceptors (Lipinski definition) is 4. The molecule has 0 saturated carbocycles. The molecule has 0 radical (unpaired) electrons. The Bertz CT molecular complexity index is 415. The van der Waals surface area contributed by atoms with E-state index in [0.29, 0.717) is 18.9 Å². The molecule has 1 saturated heterocycles. The molecule has 1 atom stereocenters. The van der Waals surface area contributed by atoms with Crippen molar-refractivity contribution in [3.05, 3.63) is 17.5 Å². The summed E-state index contributed by atoms with van der Waals surface area (Å²) in [7, 11) is 0. The van der Waals surface area contributed by atoms with E-state index in [1.54, 1.807) is 12.3 Å². The van der Waals surface area contributed by atoms with Crippen LogP contribution >= 0.6 is 11.6 Å². The van der Waals surface area contributed by atoms with Crippen molar-refractivity contribution in [3.63, 3.8) is 0 Å². The van der Waals surface area contributed by atoms with Gasteiger partial charge in [-0.15, -0.1) is 0 Å². The minimum absolute atomic E-state index is 0.0748. The van der Waals surface area contributed by atoms with Gasteiger partial charge in [0.25, 0.3) is 0 Å². The molecular weight excluding hydrogens is 244 g/mol. The van der Waals surface area contributed by atoms with Crippen LogP contribution < -0.4 is 5.32 Å². The number of hydrogen-bond donors (Lipinski definition) is 2. The average molecular weight is 257 g/mol. The summed E-state index contributed by atoms with van der Waals surface area (Å²) in [5, 5.41) is 12.3. The van der Waals surface area contributed by atoms with Crippen molar-refractivity contribution in [3.8, 4) is 0 Å². The Balaban J connectivity index is 1.97. The van der Waals surface area contributed by atoms with Gasteiger partial charge in [0.2, 0.25) is 5.28 Å². The van der Waals surface area contributed by atoms with E-state index >= 15 is 0 Å². The zero-order valence-electron chi connectivity index (χ0n) is 9.14. The molecule has 0 bridgehead atoms. The molecule has 6 nitrogen and oxygen atoms in total. The van der Waals surface area contributed by atoms with Crippen molar-refractivity contribution in [2.75, 3.05) is 18.4 Å². The van der Waals surface area contributed by atoms with Crippen LogP contribution in [0.5, 0.6) is 0 Å². The Morgan fingerprint density at radius 1 is 1.65 bits per heavy atom. The maximum atomic E-state index is 10.9. The van der Waals surface area contributed by atoms with Crippen LogP contribution in [-0.2, 0) is 0 Å². The molecule has 1 aromatic heterocycles. The monoisotopic (exact) mass is 256 g/mol. The van der Waals surface area contributed by atoms with Gasteiger partial charge in [-0.3, -0.25) is 0 Å². The Hall–Kier alpha value is -1.56. The van der Waals surface area contributed by atoms with E-state index in [1.165, 1.54) is 4.90 Å². The SMILES string of the molecule is O=C(O)N1CCCC(Nc2ccnc(Cl)n2)C1. The smallest absolute Gasteiger partial charge is 0.407 e. The van der Waals surface area contributed by atoms with Gasteiger partial charge in [-0.25, -0.2) is 14.8 Å². The first-order valence-electron chi connectivity index (χ1n) is 5.38. The van der Waals surface area contributed by atoms with Gasteiger partial charge in [0.1, 0.15) is 5.82 Å². The van der Waals surface area contributed by atoms with Crippen molar-refractivity contribution >= 4 is 23.5 Å². The lowest BCUT2D eigenvalue weighted by atomic mass is 10.1. The summed E-state index contributed by atoms with van der Waals surface area (Å²) in [6.07, 6.45) is 2.46. The molecule has 7 heteroatoms. The van der Waals surface area contributed by atoms with Crippen LogP contribution in [0.1, 0.15) is 12.8 Å². The molecule has 92 valence electrons. The van der Waals surface area contributed by atoms with Crippen LogP contribution in [0, 0.1) is 0 Å². The van der Waals surface area contributed by atoms with E-state index in [-0.39, 0.29) is 11.3 Å². The number of nitrogens with zero attached hydrogens (tertiary/aromatic N) is 3. The zero-order valence-corrected chi connectivity index (χ0v) is 9.89. The molecular formula is C10H13ClN4O2. The van der Waals surface area contributed by atoms with Gasteiger partial charge < -0.3 is 15.3 Å². The molecule has 2 N–H and O–H groups in total. The molecule has 1 aliphatic rings. The summed E-state index contributed by atoms with van der Waals surface area (Å²) in [5.41, 5.74) is 0. The van der Waals surface area contributed by atoms with Crippen molar-refractivity contribution in [1.82, 2.24) is 14.9 Å². The van der Waals surface area contributed by atoms with E-state index in [2.05, 4.69) is 15.3 Å². The van der Waals surface area contributed by atoms with Gasteiger partial charge in [0.05, 0.1) is 0 Å². The second kappa shape index (κ2) is 5.18. The molecule has 1 unspecified atom stereocenters. The van der Waals surface area contributed by atoms with Gasteiger partial charge in [-0.05, 0) is 30.5 Å². The normalized spacial score (nSPS) is 20.1. The Kier molecular flexibility index (Phi) is 3.63. The number of aromatic nitrogens is 2. The minimum Gasteiger partial charge on any atom is -0.465 e. The fourth-order valence-corrected chi connectivity index (χ4v) is 2.04. The first kappa shape index (κ1) is 11.9. The van der Waals surface area contributed by atoms with Crippen LogP contribution in [0.2, 0.25) is 5.28 Å². The summed E-state index contributed by atoms with van der Waals surface area (Å²) in [4.78, 5) is 20.1. The Labute approximate surface area is 104 Å². The fourth-order valence-electron chi connectivity index (χ4n) is 1.89. The van der Waals surface area contributed by atoms with E-state index in [1.807, 2.05) is 0 Å². The molecule has 1 aromatic rings. The molecule has 2 heterocycles. The standard InChI is InChI=1S/C10H13ClN4O2/c11-9-12-4-3-8(14-9)13-7-2-1-5-15(6-7)10(16)17/h3-4,7H,1-2,5-6H2,(H,16,17)(H,12,13,14). The van der Waals surface area contributed by atoms with Gasteiger partial charge in [-0.1, -0.05) is 0 Å². The number of carbonyl (C=O) groups is 1. The molecule has 0 aliphatic carbocycles. The number of amides is 1. The molecule has 0 spiro atoms. The van der Waals surface area contributed by atoms with Crippen molar-refractivity contribution in [2.45, 2.75) is 18.9 Å². The Morgan fingerprint density at radius 3 is 3.18 bits per heavy atom. The lowest BCUT2D eigenvalue weighted by molar-refractivity contribution is 0.133. The molecule has 1 amide bonds. The molecule has 17 heavy (non-hydrogen) atoms. The molecule has 0 aromatic carbocycles. The van der Waals surface area contributed by atoms with Gasteiger partial charge in [0.15, 0.2) is 0 Å². The third-order valence-corrected chi connectivity index (χ3v) is 2.85. The number of nitrogens with one attached hydrogen (secondary N) is 1. The fraction of sp³-hybridized carbons (Fsp3) is 0.500. The topological polar surface area (TPSA) is 78.4 Å². The number of piperidine rings is 1. The largest absolute Gasteiger partial charge is 0.465 e. The highest BCUT2D eigenvalue weighted by molar-refractivity contribution is 6.28. The maximum Gasteiger partial charge on any atom is 0.407 e. The van der Waals surface area contributed by atoms with Crippen LogP contribution in [0.4, 0.5) is 10.6 Å². The molecule has 1 fully saturated rings. The number of anilines is 1. The van der Waals surface area contributed by atoms with Crippen molar-refractivity contribution in [2.24, 2.45) is 0 Å². The highest BCUT2D eigenvalue weighted by atomic mass is 35.5. The zero-order chi connectivity index (χ0) is 12.3. The summed E-state index contributed by atoms with van der Waals surface area (Å²) in [5.74, 6) is 0.627. The molecule has 1 aliphatic heterocycles. The third kappa shape index (κ3) is 3.20. The molecule has 2 rings (SSSR count). The lowest BCUT2D eigenvalue weighted by Gasteiger charge is -2.31. The van der Waals surface area contributed by atoms with Crippen LogP contribution in [-0.4, -0.2) is 45.2 Å². The van der Waals surface area contributed by atoms with Crippen molar-refractivity contribution in [1.29, 1.82) is 0 Å². The van der Waals surface area contributed by atoms with Crippen molar-refractivity contribution < 1.29 is 9.90 Å². The Morgan fingerprint density at radius 2 is 2.47 bits per heavy atom. The summed E-state index contributed by atoms with van der Waals surface area (Å²) < 4.78 is 0. The highest BCUT2D eigenvalue weighted by Crippen LogP contribution is 2.15. The number of halogens is 1. The minimum atomic E-state index is -0.878. The number of likely N-dealkylation sites (tertiary alicyclic amines) is 1. The van der Waals surface area contributed by atoms with Gasteiger partial charge >= 0.3 is 6.09 Å². The number of carboxylic acid groups (broad SMARTS) is 1. The first-order chi connectivity index (χ1) is 8.15. The second-order valence-corrected chi connectivity index (χ2v) is 4.26. The average Bonchev–Trinajstić information content (AvgIpc) is 2.29. The van der Waals surface area contributed by atoms with Gasteiger partial charge in [0, 0.05) is 25.3 Å². The van der Waals surface area contributed by atoms with Crippen LogP contribution in [0.15, 0.2) is 12.3 Å². The second-order valence-electron chi connectivity index (χ2n) is 3.92. The summed E-state index contributed by atoms with van der Waals surface area (Å²) in [6, 6.07) is 1.79. The first-order valence-corrected chi connectivity index (χ1v) is 5.76. The summed E-state index contributed by atoms with van der Waals surface area (Å²) in [6.45, 7) is 1.06.